The molecule has 0 saturated carbocycles. The molecule has 5 nitrogen and oxygen atoms in total. The molecule has 1 heterocycles. The van der Waals surface area contributed by atoms with Gasteiger partial charge in [0.15, 0.2) is 5.17 Å². The highest BCUT2D eigenvalue weighted by atomic mass is 32.2. The molecule has 2 amide bonds. The van der Waals surface area contributed by atoms with Gasteiger partial charge in [0.25, 0.3) is 5.76 Å². The number of anilines is 1. The highest BCUT2D eigenvalue weighted by molar-refractivity contribution is 8.15. The predicted octanol–water partition coefficient (Wildman–Crippen LogP) is 3.72. The molecule has 2 N–H and O–H groups in total. The predicted molar refractivity (Wildman–Crippen MR) is 98.3 cm³/mol. The number of thioether (sulfide) groups is 2. The van der Waals surface area contributed by atoms with Crippen LogP contribution in [0, 0.1) is 0 Å². The number of halogens is 2. The molecule has 0 aliphatic carbocycles. The summed E-state index contributed by atoms with van der Waals surface area (Å²) in [6.45, 7) is 3.96. The molecule has 2 atom stereocenters. The van der Waals surface area contributed by atoms with Crippen LogP contribution in [0.2, 0.25) is 0 Å². The van der Waals surface area contributed by atoms with Crippen LogP contribution in [0.3, 0.4) is 0 Å². The first-order chi connectivity index (χ1) is 11.9. The average Bonchev–Trinajstić information content (AvgIpc) is 2.87. The maximum Gasteiger partial charge on any atom is 0.288 e. The summed E-state index contributed by atoms with van der Waals surface area (Å²) in [5, 5.41) is 5.38. The Labute approximate surface area is 153 Å². The largest absolute Gasteiger partial charge is 0.326 e. The molecule has 1 fully saturated rings. The van der Waals surface area contributed by atoms with E-state index in [2.05, 4.69) is 15.6 Å². The quantitative estimate of drug-likeness (QED) is 0.700. The van der Waals surface area contributed by atoms with E-state index in [1.54, 1.807) is 12.1 Å². The van der Waals surface area contributed by atoms with Crippen molar-refractivity contribution in [2.75, 3.05) is 5.32 Å². The Morgan fingerprint density at radius 3 is 2.68 bits per heavy atom. The van der Waals surface area contributed by atoms with Crippen molar-refractivity contribution in [1.29, 1.82) is 0 Å². The molecule has 136 valence electrons. The second-order valence-corrected chi connectivity index (χ2v) is 7.70. The zero-order valence-electron chi connectivity index (χ0n) is 13.8. The minimum absolute atomic E-state index is 0.0174. The van der Waals surface area contributed by atoms with Gasteiger partial charge in [0.1, 0.15) is 5.25 Å². The van der Waals surface area contributed by atoms with Crippen molar-refractivity contribution in [3.05, 3.63) is 24.3 Å². The minimum atomic E-state index is -2.48. The van der Waals surface area contributed by atoms with E-state index in [-0.39, 0.29) is 24.3 Å². The minimum Gasteiger partial charge on any atom is -0.326 e. The molecule has 1 saturated heterocycles. The van der Waals surface area contributed by atoms with Gasteiger partial charge >= 0.3 is 0 Å². The third kappa shape index (κ3) is 6.32. The molecule has 1 aromatic carbocycles. The molecule has 0 bridgehead atoms. The summed E-state index contributed by atoms with van der Waals surface area (Å²) >= 11 is 1.70. The van der Waals surface area contributed by atoms with Crippen LogP contribution in [0.5, 0.6) is 0 Å². The van der Waals surface area contributed by atoms with Crippen LogP contribution in [0.1, 0.15) is 26.7 Å². The van der Waals surface area contributed by atoms with Crippen LogP contribution in [-0.4, -0.2) is 34.0 Å². The van der Waals surface area contributed by atoms with Crippen LogP contribution in [0.15, 0.2) is 34.2 Å². The molecule has 9 heteroatoms. The fraction of sp³-hybridized carbons (Fsp3) is 0.438. The molecule has 1 aliphatic rings. The van der Waals surface area contributed by atoms with E-state index >= 15 is 0 Å². The van der Waals surface area contributed by atoms with Gasteiger partial charge in [-0.2, -0.15) is 8.78 Å². The summed E-state index contributed by atoms with van der Waals surface area (Å²) in [4.78, 5) is 28.8. The van der Waals surface area contributed by atoms with Crippen molar-refractivity contribution in [2.24, 2.45) is 4.99 Å². The molecule has 0 aromatic heterocycles. The van der Waals surface area contributed by atoms with Gasteiger partial charge in [0, 0.05) is 23.0 Å². The lowest BCUT2D eigenvalue weighted by Gasteiger charge is -2.08. The maximum atomic E-state index is 12.3. The Kier molecular flexibility index (Phi) is 7.24. The lowest BCUT2D eigenvalue weighted by Crippen LogP contribution is -2.28. The second-order valence-electron chi connectivity index (χ2n) is 5.44. The van der Waals surface area contributed by atoms with Gasteiger partial charge in [0.05, 0.1) is 0 Å². The number of alkyl halides is 2. The van der Waals surface area contributed by atoms with Crippen molar-refractivity contribution < 1.29 is 18.4 Å². The highest BCUT2D eigenvalue weighted by Crippen LogP contribution is 2.27. The van der Waals surface area contributed by atoms with E-state index in [1.807, 2.05) is 13.8 Å². The van der Waals surface area contributed by atoms with Crippen molar-refractivity contribution >= 4 is 46.2 Å². The van der Waals surface area contributed by atoms with Crippen molar-refractivity contribution in [1.82, 2.24) is 5.32 Å². The van der Waals surface area contributed by atoms with Gasteiger partial charge in [0.2, 0.25) is 11.8 Å². The van der Waals surface area contributed by atoms with Crippen molar-refractivity contribution in [3.63, 3.8) is 0 Å². The molecule has 0 unspecified atom stereocenters. The lowest BCUT2D eigenvalue weighted by atomic mass is 10.2. The zero-order valence-corrected chi connectivity index (χ0v) is 15.4. The van der Waals surface area contributed by atoms with Crippen molar-refractivity contribution in [3.8, 4) is 0 Å². The first kappa shape index (κ1) is 19.7. The number of carbonyl (C=O) groups is 2. The van der Waals surface area contributed by atoms with Crippen LogP contribution < -0.4 is 10.6 Å². The molecule has 25 heavy (non-hydrogen) atoms. The maximum absolute atomic E-state index is 12.3. The smallest absolute Gasteiger partial charge is 0.288 e. The topological polar surface area (TPSA) is 70.6 Å². The molecule has 0 spiro atoms. The Bertz CT molecular complexity index is 653. The third-order valence-electron chi connectivity index (χ3n) is 3.44. The molecule has 1 aliphatic heterocycles. The van der Waals surface area contributed by atoms with E-state index < -0.39 is 11.0 Å². The summed E-state index contributed by atoms with van der Waals surface area (Å²) in [5.41, 5.74) is 0.500. The number of carbonyl (C=O) groups excluding carboxylic acids is 2. The summed E-state index contributed by atoms with van der Waals surface area (Å²) in [6, 6.07) is 6.25. The zero-order chi connectivity index (χ0) is 18.4. The van der Waals surface area contributed by atoms with E-state index in [4.69, 9.17) is 0 Å². The van der Waals surface area contributed by atoms with Gasteiger partial charge in [-0.05, 0) is 37.6 Å². The van der Waals surface area contributed by atoms with Gasteiger partial charge in [-0.25, -0.2) is 0 Å². The normalized spacial score (nSPS) is 20.0. The highest BCUT2D eigenvalue weighted by Gasteiger charge is 2.32. The Morgan fingerprint density at radius 1 is 1.40 bits per heavy atom. The number of benzene rings is 1. The molecule has 2 rings (SSSR count). The summed E-state index contributed by atoms with van der Waals surface area (Å²) in [7, 11) is 0. The fourth-order valence-corrected chi connectivity index (χ4v) is 3.56. The second kappa shape index (κ2) is 9.19. The molecule has 1 aromatic rings. The van der Waals surface area contributed by atoms with Crippen molar-refractivity contribution in [2.45, 2.75) is 48.6 Å². The van der Waals surface area contributed by atoms with Crippen LogP contribution in [0.4, 0.5) is 14.5 Å². The van der Waals surface area contributed by atoms with E-state index in [0.717, 1.165) is 6.42 Å². The number of hydrogen-bond acceptors (Lipinski definition) is 5. The Morgan fingerprint density at radius 2 is 2.08 bits per heavy atom. The number of amidine groups is 1. The lowest BCUT2D eigenvalue weighted by molar-refractivity contribution is -0.122. The number of nitrogens with zero attached hydrogens (tertiary/aromatic N) is 1. The number of amides is 2. The van der Waals surface area contributed by atoms with Crippen LogP contribution in [0.25, 0.3) is 0 Å². The number of rotatable bonds is 7. The fourth-order valence-electron chi connectivity index (χ4n) is 1.99. The monoisotopic (exact) mass is 387 g/mol. The first-order valence-electron chi connectivity index (χ1n) is 7.77. The number of nitrogens with one attached hydrogen (secondary N) is 2. The van der Waals surface area contributed by atoms with E-state index in [9.17, 15) is 18.4 Å². The molecular formula is C16H19F2N3O2S2. The summed E-state index contributed by atoms with van der Waals surface area (Å²) in [5.74, 6) is -3.03. The van der Waals surface area contributed by atoms with E-state index in [0.29, 0.717) is 27.5 Å². The Hall–Kier alpha value is -1.61. The Balaban J connectivity index is 1.88. The third-order valence-corrected chi connectivity index (χ3v) is 5.26. The van der Waals surface area contributed by atoms with Crippen LogP contribution >= 0.6 is 23.5 Å². The average molecular weight is 387 g/mol. The van der Waals surface area contributed by atoms with Gasteiger partial charge in [-0.1, -0.05) is 30.4 Å². The van der Waals surface area contributed by atoms with Crippen LogP contribution in [-0.2, 0) is 9.59 Å². The summed E-state index contributed by atoms with van der Waals surface area (Å²) < 4.78 is 24.5. The van der Waals surface area contributed by atoms with Gasteiger partial charge in [-0.3, -0.25) is 14.6 Å². The van der Waals surface area contributed by atoms with E-state index in [1.165, 1.54) is 23.9 Å². The van der Waals surface area contributed by atoms with Gasteiger partial charge in [-0.15, -0.1) is 0 Å². The first-order valence-corrected chi connectivity index (χ1v) is 9.53. The molecule has 0 radical (unpaired) electrons. The number of aliphatic imine (C=N–C) groups is 1. The van der Waals surface area contributed by atoms with Gasteiger partial charge < -0.3 is 10.6 Å². The SMILES string of the molecule is CC[C@@H](C)N=C1NC(=O)[C@@H](CC(=O)Nc2ccc(SC(F)F)cc2)S1. The standard InChI is InChI=1S/C16H19F2N3O2S2/c1-3-9(2)19-16-21-14(23)12(25-16)8-13(22)20-10-4-6-11(7-5-10)24-15(17)18/h4-7,9,12,15H,3,8H2,1-2H3,(H,20,22)(H,19,21,23)/t9-,12-/m1/s1. The number of hydrogen-bond donors (Lipinski definition) is 2. The summed E-state index contributed by atoms with van der Waals surface area (Å²) in [6.07, 6.45) is 0.883. The molecular weight excluding hydrogens is 368 g/mol.